The van der Waals surface area contributed by atoms with Crippen molar-refractivity contribution in [2.75, 3.05) is 13.2 Å². The number of para-hydroxylation sites is 2. The molecule has 2 aromatic rings. The summed E-state index contributed by atoms with van der Waals surface area (Å²) in [5, 5.41) is 4.02. The second-order valence-corrected chi connectivity index (χ2v) is 5.18. The third kappa shape index (κ3) is 5.49. The number of hydrogen-bond acceptors (Lipinski definition) is 4. The summed E-state index contributed by atoms with van der Waals surface area (Å²) in [5.41, 5.74) is 3.73. The first-order valence-corrected chi connectivity index (χ1v) is 8.14. The van der Waals surface area contributed by atoms with Crippen LogP contribution in [0, 0.1) is 0 Å². The monoisotopic (exact) mass is 338 g/mol. The molecular weight excluding hydrogens is 316 g/mol. The van der Waals surface area contributed by atoms with Gasteiger partial charge in [0, 0.05) is 5.56 Å². The lowest BCUT2D eigenvalue weighted by atomic mass is 10.2. The zero-order valence-corrected chi connectivity index (χ0v) is 14.3. The van der Waals surface area contributed by atoms with Crippen LogP contribution in [-0.4, -0.2) is 25.3 Å². The van der Waals surface area contributed by atoms with Crippen molar-refractivity contribution in [1.82, 2.24) is 5.43 Å². The van der Waals surface area contributed by atoms with Gasteiger partial charge in [0.15, 0.2) is 0 Å². The minimum absolute atomic E-state index is 0.326. The Balaban J connectivity index is 2.05. The first kappa shape index (κ1) is 18.3. The van der Waals surface area contributed by atoms with Gasteiger partial charge in [-0.1, -0.05) is 43.8 Å². The molecule has 0 atom stereocenters. The fourth-order valence-electron chi connectivity index (χ4n) is 2.08. The van der Waals surface area contributed by atoms with E-state index in [0.29, 0.717) is 30.3 Å². The molecule has 25 heavy (non-hydrogen) atoms. The Morgan fingerprint density at radius 1 is 1.12 bits per heavy atom. The molecule has 0 aliphatic heterocycles. The van der Waals surface area contributed by atoms with E-state index in [1.165, 1.54) is 0 Å². The van der Waals surface area contributed by atoms with E-state index in [2.05, 4.69) is 17.1 Å². The van der Waals surface area contributed by atoms with Crippen LogP contribution in [-0.2, 0) is 0 Å². The van der Waals surface area contributed by atoms with E-state index in [4.69, 9.17) is 9.47 Å². The van der Waals surface area contributed by atoms with Gasteiger partial charge in [-0.25, -0.2) is 5.43 Å². The molecule has 0 heterocycles. The number of rotatable bonds is 9. The number of carbonyl (C=O) groups excluding carboxylic acids is 1. The molecule has 2 rings (SSSR count). The van der Waals surface area contributed by atoms with Crippen LogP contribution in [0.2, 0.25) is 0 Å². The van der Waals surface area contributed by atoms with E-state index >= 15 is 0 Å². The largest absolute Gasteiger partial charge is 0.493 e. The number of amides is 1. The molecule has 0 saturated carbocycles. The van der Waals surface area contributed by atoms with Crippen molar-refractivity contribution in [2.24, 2.45) is 5.10 Å². The number of hydrogen-bond donors (Lipinski definition) is 1. The Morgan fingerprint density at radius 3 is 2.60 bits per heavy atom. The van der Waals surface area contributed by atoms with Crippen molar-refractivity contribution in [3.8, 4) is 11.5 Å². The number of ether oxygens (including phenoxy) is 2. The zero-order valence-electron chi connectivity index (χ0n) is 14.3. The van der Waals surface area contributed by atoms with Crippen molar-refractivity contribution in [3.05, 3.63) is 72.3 Å². The van der Waals surface area contributed by atoms with Crippen LogP contribution in [0.3, 0.4) is 0 Å². The first-order chi connectivity index (χ1) is 12.3. The first-order valence-electron chi connectivity index (χ1n) is 8.14. The Hall–Kier alpha value is -3.08. The van der Waals surface area contributed by atoms with Crippen LogP contribution in [0.4, 0.5) is 0 Å². The van der Waals surface area contributed by atoms with Crippen LogP contribution in [0.5, 0.6) is 11.5 Å². The van der Waals surface area contributed by atoms with Crippen LogP contribution >= 0.6 is 0 Å². The third-order valence-electron chi connectivity index (χ3n) is 3.24. The molecule has 5 nitrogen and oxygen atoms in total. The van der Waals surface area contributed by atoms with Crippen molar-refractivity contribution in [1.29, 1.82) is 0 Å². The summed E-state index contributed by atoms with van der Waals surface area (Å²) < 4.78 is 11.1. The zero-order chi connectivity index (χ0) is 17.9. The standard InChI is InChI=1S/C20H22N2O3/c1-3-13-24-18-11-7-5-9-16(18)15-21-22-20(23)17-10-6-8-12-19(17)25-14-4-2/h3,5-12,15H,1,4,13-14H2,2H3,(H,22,23)/b21-15+. The number of nitrogens with one attached hydrogen (secondary N) is 1. The van der Waals surface area contributed by atoms with E-state index in [0.717, 1.165) is 12.0 Å². The summed E-state index contributed by atoms with van der Waals surface area (Å²) in [6.07, 6.45) is 4.09. The van der Waals surface area contributed by atoms with E-state index in [1.807, 2.05) is 37.3 Å². The Labute approximate surface area is 148 Å². The molecule has 130 valence electrons. The highest BCUT2D eigenvalue weighted by molar-refractivity contribution is 5.97. The van der Waals surface area contributed by atoms with Gasteiger partial charge >= 0.3 is 0 Å². The molecule has 0 aliphatic rings. The highest BCUT2D eigenvalue weighted by Crippen LogP contribution is 2.18. The second kappa shape index (κ2) is 9.93. The Morgan fingerprint density at radius 2 is 1.84 bits per heavy atom. The topological polar surface area (TPSA) is 59.9 Å². The molecule has 1 N–H and O–H groups in total. The SMILES string of the molecule is C=CCOc1ccccc1/C=N/NC(=O)c1ccccc1OCCC. The lowest BCUT2D eigenvalue weighted by molar-refractivity contribution is 0.0951. The molecule has 0 aliphatic carbocycles. The molecule has 0 unspecified atom stereocenters. The quantitative estimate of drug-likeness (QED) is 0.430. The van der Waals surface area contributed by atoms with Crippen LogP contribution in [0.25, 0.3) is 0 Å². The van der Waals surface area contributed by atoms with E-state index in [1.54, 1.807) is 30.5 Å². The van der Waals surface area contributed by atoms with Gasteiger partial charge in [-0.2, -0.15) is 5.10 Å². The maximum Gasteiger partial charge on any atom is 0.275 e. The summed E-state index contributed by atoms with van der Waals surface area (Å²) in [5.74, 6) is 0.895. The predicted molar refractivity (Wildman–Crippen MR) is 99.4 cm³/mol. The van der Waals surface area contributed by atoms with Crippen LogP contribution in [0.15, 0.2) is 66.3 Å². The lowest BCUT2D eigenvalue weighted by Gasteiger charge is -2.09. The number of carbonyl (C=O) groups is 1. The molecule has 0 fully saturated rings. The summed E-state index contributed by atoms with van der Waals surface area (Å²) in [6.45, 7) is 6.60. The van der Waals surface area contributed by atoms with Gasteiger partial charge in [0.2, 0.25) is 0 Å². The van der Waals surface area contributed by atoms with Crippen molar-refractivity contribution in [3.63, 3.8) is 0 Å². The summed E-state index contributed by atoms with van der Waals surface area (Å²) in [7, 11) is 0. The minimum atomic E-state index is -0.326. The molecule has 1 amide bonds. The van der Waals surface area contributed by atoms with Crippen molar-refractivity contribution >= 4 is 12.1 Å². The van der Waals surface area contributed by atoms with Gasteiger partial charge in [-0.05, 0) is 30.7 Å². The Kier molecular flexibility index (Phi) is 7.25. The maximum atomic E-state index is 12.3. The molecular formula is C20H22N2O3. The average molecular weight is 338 g/mol. The molecule has 0 saturated heterocycles. The average Bonchev–Trinajstić information content (AvgIpc) is 2.65. The fraction of sp³-hybridized carbons (Fsp3) is 0.200. The fourth-order valence-corrected chi connectivity index (χ4v) is 2.08. The van der Waals surface area contributed by atoms with Gasteiger partial charge in [-0.15, -0.1) is 0 Å². The molecule has 5 heteroatoms. The maximum absolute atomic E-state index is 12.3. The molecule has 0 radical (unpaired) electrons. The summed E-state index contributed by atoms with van der Waals surface area (Å²) in [6, 6.07) is 14.5. The highest BCUT2D eigenvalue weighted by Gasteiger charge is 2.11. The smallest absolute Gasteiger partial charge is 0.275 e. The van der Waals surface area contributed by atoms with E-state index in [-0.39, 0.29) is 5.91 Å². The predicted octanol–water partition coefficient (Wildman–Crippen LogP) is 3.80. The van der Waals surface area contributed by atoms with Crippen LogP contribution < -0.4 is 14.9 Å². The van der Waals surface area contributed by atoms with Crippen molar-refractivity contribution in [2.45, 2.75) is 13.3 Å². The summed E-state index contributed by atoms with van der Waals surface area (Å²) >= 11 is 0. The Bertz CT molecular complexity index is 741. The van der Waals surface area contributed by atoms with Gasteiger partial charge in [0.25, 0.3) is 5.91 Å². The van der Waals surface area contributed by atoms with Gasteiger partial charge < -0.3 is 9.47 Å². The minimum Gasteiger partial charge on any atom is -0.493 e. The number of hydrazone groups is 1. The highest BCUT2D eigenvalue weighted by atomic mass is 16.5. The van der Waals surface area contributed by atoms with Gasteiger partial charge in [0.05, 0.1) is 18.4 Å². The van der Waals surface area contributed by atoms with Gasteiger partial charge in [0.1, 0.15) is 18.1 Å². The molecule has 0 spiro atoms. The second-order valence-electron chi connectivity index (χ2n) is 5.18. The molecule has 0 aromatic heterocycles. The third-order valence-corrected chi connectivity index (χ3v) is 3.24. The van der Waals surface area contributed by atoms with Crippen LogP contribution in [0.1, 0.15) is 29.3 Å². The lowest BCUT2D eigenvalue weighted by Crippen LogP contribution is -2.19. The van der Waals surface area contributed by atoms with Gasteiger partial charge in [-0.3, -0.25) is 4.79 Å². The summed E-state index contributed by atoms with van der Waals surface area (Å²) in [4.78, 5) is 12.3. The van der Waals surface area contributed by atoms with Crippen molar-refractivity contribution < 1.29 is 14.3 Å². The molecule has 0 bridgehead atoms. The number of benzene rings is 2. The molecule has 2 aromatic carbocycles. The van der Waals surface area contributed by atoms with E-state index in [9.17, 15) is 4.79 Å². The normalized spacial score (nSPS) is 10.4. The number of nitrogens with zero attached hydrogens (tertiary/aromatic N) is 1. The van der Waals surface area contributed by atoms with E-state index < -0.39 is 0 Å².